The van der Waals surface area contributed by atoms with Crippen molar-refractivity contribution in [1.29, 1.82) is 0 Å². The topological polar surface area (TPSA) is 61.2 Å². The van der Waals surface area contributed by atoms with E-state index in [0.717, 1.165) is 40.7 Å². The molecule has 2 aromatic heterocycles. The highest BCUT2D eigenvalue weighted by Gasteiger charge is 2.26. The molecule has 29 heavy (non-hydrogen) atoms. The third kappa shape index (κ3) is 3.85. The molecule has 4 rings (SSSR count). The Morgan fingerprint density at radius 1 is 1.34 bits per heavy atom. The average molecular weight is 429 g/mol. The van der Waals surface area contributed by atoms with Crippen molar-refractivity contribution in [2.24, 2.45) is 0 Å². The third-order valence-corrected chi connectivity index (χ3v) is 7.33. The first-order chi connectivity index (χ1) is 14.0. The van der Waals surface area contributed by atoms with Crippen LogP contribution in [0.4, 0.5) is 0 Å². The van der Waals surface area contributed by atoms with Gasteiger partial charge in [0, 0.05) is 4.88 Å². The number of rotatable bonds is 5. The number of nitrogens with zero attached hydrogens (tertiary/aromatic N) is 2. The number of carbonyl (C=O) groups excluding carboxylic acids is 1. The molecule has 0 N–H and O–H groups in total. The highest BCUT2D eigenvalue weighted by atomic mass is 32.2. The first-order valence-electron chi connectivity index (χ1n) is 9.93. The lowest BCUT2D eigenvalue weighted by molar-refractivity contribution is -0.139. The maximum atomic E-state index is 13.7. The second-order valence-electron chi connectivity index (χ2n) is 7.38. The summed E-state index contributed by atoms with van der Waals surface area (Å²) in [6.07, 6.45) is 3.26. The van der Waals surface area contributed by atoms with E-state index >= 15 is 0 Å². The van der Waals surface area contributed by atoms with Crippen LogP contribution in [0.25, 0.3) is 15.9 Å². The van der Waals surface area contributed by atoms with Crippen LogP contribution in [0.3, 0.4) is 0 Å². The molecule has 2 heterocycles. The predicted molar refractivity (Wildman–Crippen MR) is 119 cm³/mol. The van der Waals surface area contributed by atoms with E-state index in [1.165, 1.54) is 22.2 Å². The van der Waals surface area contributed by atoms with E-state index in [-0.39, 0.29) is 17.3 Å². The Hall–Kier alpha value is -2.12. The maximum Gasteiger partial charge on any atom is 0.316 e. The number of fused-ring (bicyclic) bond motifs is 3. The van der Waals surface area contributed by atoms with Crippen molar-refractivity contribution >= 4 is 39.3 Å². The minimum atomic E-state index is -0.304. The fraction of sp³-hybridized carbons (Fsp3) is 0.409. The fourth-order valence-corrected chi connectivity index (χ4v) is 6.05. The SMILES string of the molecule is CCOC(=O)CSc1nc2sc3c(c2c(=O)n1-c1ccc(C)cc1)C(C)CCC3. The van der Waals surface area contributed by atoms with Gasteiger partial charge >= 0.3 is 5.97 Å². The molecular formula is C22H24N2O3S2. The van der Waals surface area contributed by atoms with Crippen molar-refractivity contribution in [2.75, 3.05) is 12.4 Å². The Morgan fingerprint density at radius 3 is 2.83 bits per heavy atom. The zero-order valence-electron chi connectivity index (χ0n) is 16.9. The van der Waals surface area contributed by atoms with Crippen LogP contribution in [0.1, 0.15) is 48.6 Å². The lowest BCUT2D eigenvalue weighted by atomic mass is 9.88. The molecule has 1 aromatic carbocycles. The summed E-state index contributed by atoms with van der Waals surface area (Å²) in [4.78, 5) is 32.5. The molecule has 7 heteroatoms. The number of esters is 1. The fourth-order valence-electron chi connectivity index (χ4n) is 3.86. The van der Waals surface area contributed by atoms with Crippen molar-refractivity contribution in [2.45, 2.75) is 51.1 Å². The molecule has 1 aliphatic carbocycles. The molecule has 1 atom stereocenters. The molecule has 0 bridgehead atoms. The van der Waals surface area contributed by atoms with Crippen molar-refractivity contribution in [3.05, 3.63) is 50.6 Å². The van der Waals surface area contributed by atoms with Crippen molar-refractivity contribution in [3.63, 3.8) is 0 Å². The van der Waals surface area contributed by atoms with E-state index in [9.17, 15) is 9.59 Å². The molecule has 0 amide bonds. The monoisotopic (exact) mass is 428 g/mol. The van der Waals surface area contributed by atoms with Gasteiger partial charge in [-0.15, -0.1) is 11.3 Å². The van der Waals surface area contributed by atoms with E-state index < -0.39 is 0 Å². The molecule has 5 nitrogen and oxygen atoms in total. The van der Waals surface area contributed by atoms with Gasteiger partial charge in [0.25, 0.3) is 5.56 Å². The number of hydrogen-bond donors (Lipinski definition) is 0. The molecule has 0 spiro atoms. The summed E-state index contributed by atoms with van der Waals surface area (Å²) in [5.41, 5.74) is 3.02. The van der Waals surface area contributed by atoms with E-state index in [0.29, 0.717) is 17.7 Å². The first-order valence-corrected chi connectivity index (χ1v) is 11.7. The standard InChI is InChI=1S/C22H24N2O3S2/c1-4-27-17(25)12-28-22-23-20-19(18-14(3)6-5-7-16(18)29-20)21(26)24(22)15-10-8-13(2)9-11-15/h8-11,14H,4-7,12H2,1-3H3. The number of aromatic nitrogens is 2. The zero-order chi connectivity index (χ0) is 20.5. The minimum Gasteiger partial charge on any atom is -0.465 e. The summed E-state index contributed by atoms with van der Waals surface area (Å²) >= 11 is 2.88. The predicted octanol–water partition coefficient (Wildman–Crippen LogP) is 4.85. The average Bonchev–Trinajstić information content (AvgIpc) is 3.08. The number of aryl methyl sites for hydroxylation is 2. The van der Waals surface area contributed by atoms with Crippen LogP contribution in [-0.4, -0.2) is 27.9 Å². The van der Waals surface area contributed by atoms with Gasteiger partial charge in [-0.1, -0.05) is 36.4 Å². The molecule has 0 radical (unpaired) electrons. The van der Waals surface area contributed by atoms with Crippen LogP contribution in [-0.2, 0) is 16.0 Å². The highest BCUT2D eigenvalue weighted by molar-refractivity contribution is 7.99. The molecule has 0 aliphatic heterocycles. The summed E-state index contributed by atoms with van der Waals surface area (Å²) in [5, 5.41) is 1.28. The largest absolute Gasteiger partial charge is 0.465 e. The molecule has 0 saturated heterocycles. The molecule has 0 saturated carbocycles. The van der Waals surface area contributed by atoms with Crippen LogP contribution in [0.2, 0.25) is 0 Å². The van der Waals surface area contributed by atoms with E-state index in [1.54, 1.807) is 22.8 Å². The highest BCUT2D eigenvalue weighted by Crippen LogP contribution is 2.40. The molecule has 152 valence electrons. The second kappa shape index (κ2) is 8.32. The number of carbonyl (C=O) groups is 1. The van der Waals surface area contributed by atoms with Crippen LogP contribution in [0.5, 0.6) is 0 Å². The van der Waals surface area contributed by atoms with Crippen LogP contribution in [0.15, 0.2) is 34.2 Å². The van der Waals surface area contributed by atoms with Crippen molar-refractivity contribution in [1.82, 2.24) is 9.55 Å². The number of ether oxygens (including phenoxy) is 1. The number of thiophene rings is 1. The van der Waals surface area contributed by atoms with Gasteiger partial charge in [-0.25, -0.2) is 4.98 Å². The Bertz CT molecular complexity index is 1120. The lowest BCUT2D eigenvalue weighted by Crippen LogP contribution is -2.23. The van der Waals surface area contributed by atoms with Gasteiger partial charge in [0.15, 0.2) is 5.16 Å². The lowest BCUT2D eigenvalue weighted by Gasteiger charge is -2.19. The van der Waals surface area contributed by atoms with E-state index in [1.807, 2.05) is 31.2 Å². The summed E-state index contributed by atoms with van der Waals surface area (Å²) in [7, 11) is 0. The Kier molecular flexibility index (Phi) is 5.79. The Balaban J connectivity index is 1.90. The van der Waals surface area contributed by atoms with E-state index in [2.05, 4.69) is 6.92 Å². The second-order valence-corrected chi connectivity index (χ2v) is 9.40. The van der Waals surface area contributed by atoms with Crippen LogP contribution >= 0.6 is 23.1 Å². The molecule has 1 aliphatic rings. The van der Waals surface area contributed by atoms with Crippen LogP contribution in [0, 0.1) is 6.92 Å². The number of thioether (sulfide) groups is 1. The Labute approximate surface area is 178 Å². The van der Waals surface area contributed by atoms with Gasteiger partial charge < -0.3 is 4.74 Å². The van der Waals surface area contributed by atoms with Crippen molar-refractivity contribution < 1.29 is 9.53 Å². The van der Waals surface area contributed by atoms with Crippen molar-refractivity contribution in [3.8, 4) is 5.69 Å². The smallest absolute Gasteiger partial charge is 0.316 e. The molecule has 0 fully saturated rings. The van der Waals surface area contributed by atoms with Gasteiger partial charge in [0.2, 0.25) is 0 Å². The Morgan fingerprint density at radius 2 is 2.10 bits per heavy atom. The molecular weight excluding hydrogens is 404 g/mol. The summed E-state index contributed by atoms with van der Waals surface area (Å²) in [5.74, 6) is 0.187. The number of hydrogen-bond acceptors (Lipinski definition) is 6. The summed E-state index contributed by atoms with van der Waals surface area (Å²) in [6, 6.07) is 7.83. The molecule has 3 aromatic rings. The van der Waals surface area contributed by atoms with E-state index in [4.69, 9.17) is 9.72 Å². The minimum absolute atomic E-state index is 0.0449. The quantitative estimate of drug-likeness (QED) is 0.330. The van der Waals surface area contributed by atoms with Crippen LogP contribution < -0.4 is 5.56 Å². The maximum absolute atomic E-state index is 13.7. The van der Waals surface area contributed by atoms with Gasteiger partial charge in [0.1, 0.15) is 4.83 Å². The van der Waals surface area contributed by atoms with Gasteiger partial charge in [0.05, 0.1) is 23.4 Å². The first kappa shape index (κ1) is 20.2. The van der Waals surface area contributed by atoms with Gasteiger partial charge in [-0.2, -0.15) is 0 Å². The van der Waals surface area contributed by atoms with Gasteiger partial charge in [-0.05, 0) is 56.7 Å². The number of benzene rings is 1. The summed E-state index contributed by atoms with van der Waals surface area (Å²) in [6.45, 7) is 6.34. The summed E-state index contributed by atoms with van der Waals surface area (Å²) < 4.78 is 6.70. The normalized spacial score (nSPS) is 16.0. The third-order valence-electron chi connectivity index (χ3n) is 5.26. The zero-order valence-corrected chi connectivity index (χ0v) is 18.5. The van der Waals surface area contributed by atoms with Gasteiger partial charge in [-0.3, -0.25) is 14.2 Å². The molecule has 1 unspecified atom stereocenters.